The van der Waals surface area contributed by atoms with E-state index in [2.05, 4.69) is 97.1 Å². The summed E-state index contributed by atoms with van der Waals surface area (Å²) in [6.45, 7) is 0. The maximum absolute atomic E-state index is 11.5. The third kappa shape index (κ3) is 8.56. The molecule has 0 atom stereocenters. The van der Waals surface area contributed by atoms with Gasteiger partial charge in [0.2, 0.25) is 0 Å². The molecule has 1 aliphatic rings. The molecule has 12 aromatic heterocycles. The highest BCUT2D eigenvalue weighted by Gasteiger charge is 2.37. The lowest BCUT2D eigenvalue weighted by Gasteiger charge is -2.30. The van der Waals surface area contributed by atoms with Gasteiger partial charge in [0.15, 0.2) is 25.1 Å². The van der Waals surface area contributed by atoms with E-state index in [-0.39, 0.29) is 0 Å². The molecule has 0 aliphatic heterocycles. The highest BCUT2D eigenvalue weighted by molar-refractivity contribution is 7.30. The van der Waals surface area contributed by atoms with E-state index in [1.807, 2.05) is 93.9 Å². The summed E-state index contributed by atoms with van der Waals surface area (Å²) >= 11 is 20.4. The number of hydrogen-bond donors (Lipinski definition) is 0. The van der Waals surface area contributed by atoms with Crippen molar-refractivity contribution in [1.82, 2.24) is 0 Å². The number of allylic oxidation sites excluding steroid dienone is 4. The molecule has 0 saturated carbocycles. The van der Waals surface area contributed by atoms with E-state index in [4.69, 9.17) is 0 Å². The Bertz CT molecular complexity index is 3580. The fraction of sp³-hybridized carbons (Fsp3) is 0. The summed E-state index contributed by atoms with van der Waals surface area (Å²) in [5.41, 5.74) is 4.96. The third-order valence-electron chi connectivity index (χ3n) is 11.7. The van der Waals surface area contributed by atoms with E-state index in [9.17, 15) is 19.2 Å². The van der Waals surface area contributed by atoms with E-state index in [0.29, 0.717) is 0 Å². The summed E-state index contributed by atoms with van der Waals surface area (Å²) in [6, 6.07) is 51.3. The van der Waals surface area contributed by atoms with Gasteiger partial charge in [-0.3, -0.25) is 19.2 Å². The largest absolute Gasteiger partial charge is 0.297 e. The second kappa shape index (κ2) is 19.4. The topological polar surface area (TPSA) is 68.3 Å². The highest BCUT2D eigenvalue weighted by Crippen LogP contribution is 2.62. The van der Waals surface area contributed by atoms with Crippen molar-refractivity contribution in [3.63, 3.8) is 0 Å². The van der Waals surface area contributed by atoms with Crippen molar-refractivity contribution < 1.29 is 19.2 Å². The van der Waals surface area contributed by atoms with Crippen LogP contribution in [0.2, 0.25) is 0 Å². The SMILES string of the molecule is O=Cc1ccc(-c2ccc(-c3ccc(C4=C(c5ccc(-c6ccc(-c7ccc(C=O)s7)s6)s5)C(c5ccc(-c6ccc(-c7ccc(C=O)s7)s6)s5)=C4c4ccc(-c5ccc(-c6ccc(C=O)s6)s5)s4)s3)s2)s1. The average Bonchev–Trinajstić information content (AvgIpc) is 4.20. The number of carbonyl (C=O) groups excluding carboxylic acids is 4. The zero-order chi connectivity index (χ0) is 48.5. The molecule has 12 aromatic rings. The van der Waals surface area contributed by atoms with Crippen molar-refractivity contribution in [2.24, 2.45) is 0 Å². The van der Waals surface area contributed by atoms with E-state index in [1.165, 1.54) is 126 Å². The fourth-order valence-electron chi connectivity index (χ4n) is 8.45. The Morgan fingerprint density at radius 1 is 0.167 bits per heavy atom. The van der Waals surface area contributed by atoms with Crippen molar-refractivity contribution in [2.75, 3.05) is 0 Å². The summed E-state index contributed by atoms with van der Waals surface area (Å²) < 4.78 is 0. The second-order valence-corrected chi connectivity index (χ2v) is 29.2. The van der Waals surface area contributed by atoms with Crippen LogP contribution < -0.4 is 0 Å². The van der Waals surface area contributed by atoms with Gasteiger partial charge in [0.25, 0.3) is 0 Å². The van der Waals surface area contributed by atoms with Crippen LogP contribution in [0.15, 0.2) is 146 Å². The minimum Gasteiger partial charge on any atom is -0.297 e. The van der Waals surface area contributed by atoms with E-state index in [0.717, 1.165) is 83.7 Å². The van der Waals surface area contributed by atoms with Crippen LogP contribution in [0.25, 0.3) is 100 Å². The molecular formula is C56H28O4S12. The number of hydrogen-bond acceptors (Lipinski definition) is 16. The first-order chi connectivity index (χ1) is 35.4. The van der Waals surface area contributed by atoms with Crippen molar-refractivity contribution in [3.8, 4) is 78.0 Å². The van der Waals surface area contributed by atoms with Gasteiger partial charge in [0.05, 0.1) is 19.5 Å². The summed E-state index contributed by atoms with van der Waals surface area (Å²) in [5.74, 6) is 0. The molecule has 12 heterocycles. The van der Waals surface area contributed by atoms with Gasteiger partial charge in [0.1, 0.15) is 0 Å². The predicted molar refractivity (Wildman–Crippen MR) is 319 cm³/mol. The van der Waals surface area contributed by atoms with Crippen LogP contribution in [0.3, 0.4) is 0 Å². The Balaban J connectivity index is 0.939. The van der Waals surface area contributed by atoms with Gasteiger partial charge in [-0.05, 0) is 146 Å². The molecular weight excluding hydrogens is 1120 g/mol. The Kier molecular flexibility index (Phi) is 12.5. The van der Waals surface area contributed by atoms with Crippen molar-refractivity contribution in [3.05, 3.63) is 185 Å². The molecule has 348 valence electrons. The standard InChI is InChI=1S/C56H28O4S12/c57-25-29-1-5-33(61-29)37-9-13-41(65-37)45-17-21-49(69-45)53-54(50-22-18-46(70-50)42-14-10-38(66-42)34-6-2-30(26-58)62-34)56(52-24-20-48(72-52)44-16-12-40(68-44)36-8-4-32(28-60)64-36)55(53)51-23-19-47(71-51)43-15-11-39(67-43)35-7-3-31(27-59)63-35/h1-28H. The molecule has 1 aliphatic carbocycles. The number of aldehydes is 4. The van der Waals surface area contributed by atoms with E-state index < -0.39 is 0 Å². The zero-order valence-corrected chi connectivity index (χ0v) is 46.5. The molecule has 0 radical (unpaired) electrons. The Hall–Kier alpha value is -5.44. The van der Waals surface area contributed by atoms with Gasteiger partial charge < -0.3 is 0 Å². The number of thiophene rings is 12. The summed E-state index contributed by atoms with van der Waals surface area (Å²) in [6.07, 6.45) is 3.67. The molecule has 13 rings (SSSR count). The van der Waals surface area contributed by atoms with Gasteiger partial charge in [-0.2, -0.15) is 0 Å². The molecule has 0 fully saturated rings. The van der Waals surface area contributed by atoms with Crippen LogP contribution in [0.4, 0.5) is 0 Å². The van der Waals surface area contributed by atoms with Gasteiger partial charge in [-0.1, -0.05) is 0 Å². The van der Waals surface area contributed by atoms with Gasteiger partial charge in [-0.25, -0.2) is 0 Å². The fourth-order valence-corrected chi connectivity index (χ4v) is 20.7. The Morgan fingerprint density at radius 3 is 0.444 bits per heavy atom. The molecule has 0 bridgehead atoms. The minimum atomic E-state index is 0.724. The molecule has 0 aromatic carbocycles. The number of carbonyl (C=O) groups is 4. The molecule has 0 amide bonds. The summed E-state index contributed by atoms with van der Waals surface area (Å²) in [5, 5.41) is 0. The van der Waals surface area contributed by atoms with Crippen LogP contribution in [0, 0.1) is 0 Å². The molecule has 0 unspecified atom stereocenters. The number of rotatable bonds is 16. The van der Waals surface area contributed by atoms with E-state index >= 15 is 0 Å². The van der Waals surface area contributed by atoms with Crippen LogP contribution in [0.1, 0.15) is 58.2 Å². The smallest absolute Gasteiger partial charge is 0.160 e. The Labute approximate surface area is 460 Å². The first kappa shape index (κ1) is 46.4. The third-order valence-corrected chi connectivity index (χ3v) is 26.1. The monoisotopic (exact) mass is 1150 g/mol. The molecule has 16 heteroatoms. The lowest BCUT2D eigenvalue weighted by molar-refractivity contribution is 0.111. The zero-order valence-electron chi connectivity index (χ0n) is 36.7. The molecule has 72 heavy (non-hydrogen) atoms. The van der Waals surface area contributed by atoms with Crippen molar-refractivity contribution in [1.29, 1.82) is 0 Å². The van der Waals surface area contributed by atoms with E-state index in [1.54, 1.807) is 45.3 Å². The Morgan fingerprint density at radius 2 is 0.292 bits per heavy atom. The van der Waals surface area contributed by atoms with Gasteiger partial charge >= 0.3 is 0 Å². The van der Waals surface area contributed by atoms with Crippen LogP contribution in [-0.2, 0) is 0 Å². The van der Waals surface area contributed by atoms with Crippen LogP contribution in [-0.4, -0.2) is 25.1 Å². The molecule has 0 N–H and O–H groups in total. The summed E-state index contributed by atoms with van der Waals surface area (Å²) in [7, 11) is 0. The average molecular weight is 1150 g/mol. The molecule has 4 nitrogen and oxygen atoms in total. The van der Waals surface area contributed by atoms with Crippen LogP contribution >= 0.6 is 136 Å². The van der Waals surface area contributed by atoms with Crippen molar-refractivity contribution in [2.45, 2.75) is 0 Å². The highest BCUT2D eigenvalue weighted by atomic mass is 32.1. The normalized spacial score (nSPS) is 12.6. The van der Waals surface area contributed by atoms with Gasteiger partial charge in [0, 0.05) is 120 Å². The maximum Gasteiger partial charge on any atom is 0.160 e. The summed E-state index contributed by atoms with van der Waals surface area (Å²) in [4.78, 5) is 72.3. The second-order valence-electron chi connectivity index (χ2n) is 16.1. The lowest BCUT2D eigenvalue weighted by atomic mass is 9.77. The minimum absolute atomic E-state index is 0.724. The predicted octanol–water partition coefficient (Wildman–Crippen LogP) is 20.5. The van der Waals surface area contributed by atoms with Crippen molar-refractivity contribution >= 4 is 183 Å². The molecule has 0 saturated heterocycles. The molecule has 0 spiro atoms. The van der Waals surface area contributed by atoms with Gasteiger partial charge in [-0.15, -0.1) is 136 Å². The van der Waals surface area contributed by atoms with Crippen LogP contribution in [0.5, 0.6) is 0 Å². The maximum atomic E-state index is 11.5. The quantitative estimate of drug-likeness (QED) is 0.0904. The lowest BCUT2D eigenvalue weighted by Crippen LogP contribution is -2.07. The first-order valence-electron chi connectivity index (χ1n) is 21.9. The first-order valence-corrected chi connectivity index (χ1v) is 31.7.